The fraction of sp³-hybridized carbons (Fsp3) is 0.250. The lowest BCUT2D eigenvalue weighted by Crippen LogP contribution is -2.35. The molecule has 1 atom stereocenters. The number of urea groups is 1. The highest BCUT2D eigenvalue weighted by atomic mass is 19.1. The Bertz CT molecular complexity index is 668. The molecule has 21 heavy (non-hydrogen) atoms. The number of hydrogen-bond acceptors (Lipinski definition) is 4. The molecule has 0 saturated heterocycles. The molecule has 1 aromatic heterocycles. The summed E-state index contributed by atoms with van der Waals surface area (Å²) in [6.07, 6.45) is 0. The van der Waals surface area contributed by atoms with E-state index in [4.69, 9.17) is 5.73 Å². The molecule has 0 aliphatic rings. The Hall–Kier alpha value is -2.55. The largest absolute Gasteiger partial charge is 0.350 e. The van der Waals surface area contributed by atoms with E-state index in [0.29, 0.717) is 0 Å². The monoisotopic (exact) mass is 297 g/mol. The van der Waals surface area contributed by atoms with Gasteiger partial charge >= 0.3 is 6.03 Å². The van der Waals surface area contributed by atoms with E-state index in [1.165, 1.54) is 19.9 Å². The molecule has 0 bridgehead atoms. The standard InChI is InChI=1S/C12H13F2N5O2/c1-6-10(7(2)19(21)12(15)20)16-17-18(6)11-8(13)4-3-5-9(11)14/h3-5,7,21H,1-2H3,(H2,15,20). The highest BCUT2D eigenvalue weighted by molar-refractivity contribution is 5.71. The van der Waals surface area contributed by atoms with Gasteiger partial charge in [-0.15, -0.1) is 5.10 Å². The number of aromatic nitrogens is 3. The fourth-order valence-electron chi connectivity index (χ4n) is 1.94. The van der Waals surface area contributed by atoms with Gasteiger partial charge in [0, 0.05) is 0 Å². The van der Waals surface area contributed by atoms with Gasteiger partial charge in [-0.05, 0) is 26.0 Å². The first kappa shape index (κ1) is 14.9. The molecular weight excluding hydrogens is 284 g/mol. The van der Waals surface area contributed by atoms with Crippen LogP contribution in [0.4, 0.5) is 13.6 Å². The molecule has 0 aliphatic heterocycles. The zero-order valence-electron chi connectivity index (χ0n) is 11.3. The van der Waals surface area contributed by atoms with Gasteiger partial charge in [0.25, 0.3) is 0 Å². The second-order valence-electron chi connectivity index (χ2n) is 4.40. The summed E-state index contributed by atoms with van der Waals surface area (Å²) >= 11 is 0. The van der Waals surface area contributed by atoms with Gasteiger partial charge < -0.3 is 5.73 Å². The number of nitrogens with two attached hydrogens (primary N) is 1. The smallest absolute Gasteiger partial charge is 0.339 e. The molecule has 7 nitrogen and oxygen atoms in total. The Morgan fingerprint density at radius 1 is 1.43 bits per heavy atom. The molecule has 0 saturated carbocycles. The third-order valence-electron chi connectivity index (χ3n) is 3.07. The third kappa shape index (κ3) is 2.55. The fourth-order valence-corrected chi connectivity index (χ4v) is 1.94. The van der Waals surface area contributed by atoms with Crippen LogP contribution >= 0.6 is 0 Å². The SMILES string of the molecule is Cc1c(C(C)N(O)C(N)=O)nnn1-c1c(F)cccc1F. The van der Waals surface area contributed by atoms with Crippen molar-refractivity contribution in [2.75, 3.05) is 0 Å². The number of hydroxylamine groups is 2. The predicted octanol–water partition coefficient (Wildman–Crippen LogP) is 1.68. The lowest BCUT2D eigenvalue weighted by Gasteiger charge is -2.19. The van der Waals surface area contributed by atoms with Gasteiger partial charge in [-0.3, -0.25) is 5.21 Å². The molecule has 9 heteroatoms. The summed E-state index contributed by atoms with van der Waals surface area (Å²) in [6, 6.07) is 1.42. The first-order chi connectivity index (χ1) is 9.84. The van der Waals surface area contributed by atoms with E-state index in [0.717, 1.165) is 16.8 Å². The van der Waals surface area contributed by atoms with Crippen LogP contribution in [0.25, 0.3) is 5.69 Å². The van der Waals surface area contributed by atoms with Gasteiger partial charge in [-0.1, -0.05) is 11.3 Å². The van der Waals surface area contributed by atoms with E-state index < -0.39 is 23.7 Å². The van der Waals surface area contributed by atoms with Gasteiger partial charge in [0.2, 0.25) is 0 Å². The van der Waals surface area contributed by atoms with Crippen LogP contribution < -0.4 is 5.73 Å². The third-order valence-corrected chi connectivity index (χ3v) is 3.07. The van der Waals surface area contributed by atoms with E-state index in [-0.39, 0.29) is 22.1 Å². The predicted molar refractivity (Wildman–Crippen MR) is 67.6 cm³/mol. The highest BCUT2D eigenvalue weighted by Crippen LogP contribution is 2.24. The van der Waals surface area contributed by atoms with Crippen molar-refractivity contribution in [3.63, 3.8) is 0 Å². The average Bonchev–Trinajstić information content (AvgIpc) is 2.79. The number of carbonyl (C=O) groups is 1. The van der Waals surface area contributed by atoms with Crippen molar-refractivity contribution in [3.8, 4) is 5.69 Å². The summed E-state index contributed by atoms with van der Waals surface area (Å²) in [7, 11) is 0. The number of amides is 2. The molecule has 1 aromatic carbocycles. The number of nitrogens with zero attached hydrogens (tertiary/aromatic N) is 4. The second-order valence-corrected chi connectivity index (χ2v) is 4.40. The number of halogens is 2. The van der Waals surface area contributed by atoms with Crippen molar-refractivity contribution in [3.05, 3.63) is 41.2 Å². The van der Waals surface area contributed by atoms with Crippen LogP contribution in [0.1, 0.15) is 24.4 Å². The first-order valence-electron chi connectivity index (χ1n) is 5.98. The number of primary amides is 1. The zero-order valence-corrected chi connectivity index (χ0v) is 11.3. The quantitative estimate of drug-likeness (QED) is 0.665. The summed E-state index contributed by atoms with van der Waals surface area (Å²) < 4.78 is 28.5. The number of rotatable bonds is 3. The van der Waals surface area contributed by atoms with Crippen LogP contribution in [0.15, 0.2) is 18.2 Å². The van der Waals surface area contributed by atoms with Crippen LogP contribution in [0.3, 0.4) is 0 Å². The maximum Gasteiger partial charge on any atom is 0.339 e. The van der Waals surface area contributed by atoms with Crippen molar-refractivity contribution in [1.82, 2.24) is 20.1 Å². The molecule has 0 fully saturated rings. The van der Waals surface area contributed by atoms with Crippen molar-refractivity contribution >= 4 is 6.03 Å². The highest BCUT2D eigenvalue weighted by Gasteiger charge is 2.25. The normalized spacial score (nSPS) is 12.2. The Morgan fingerprint density at radius 2 is 2.00 bits per heavy atom. The average molecular weight is 297 g/mol. The molecule has 1 unspecified atom stereocenters. The lowest BCUT2D eigenvalue weighted by atomic mass is 10.2. The van der Waals surface area contributed by atoms with Gasteiger partial charge in [0.1, 0.15) is 17.4 Å². The Balaban J connectivity index is 2.49. The van der Waals surface area contributed by atoms with Crippen LogP contribution in [0.5, 0.6) is 0 Å². The zero-order chi connectivity index (χ0) is 15.7. The Kier molecular flexibility index (Phi) is 3.85. The minimum absolute atomic E-state index is 0.166. The summed E-state index contributed by atoms with van der Waals surface area (Å²) in [5.41, 5.74) is 5.00. The van der Waals surface area contributed by atoms with E-state index in [1.807, 2.05) is 0 Å². The van der Waals surface area contributed by atoms with Crippen LogP contribution in [0, 0.1) is 18.6 Å². The van der Waals surface area contributed by atoms with Crippen LogP contribution in [0.2, 0.25) is 0 Å². The van der Waals surface area contributed by atoms with Crippen LogP contribution in [-0.4, -0.2) is 31.3 Å². The van der Waals surface area contributed by atoms with E-state index in [1.54, 1.807) is 0 Å². The molecule has 112 valence electrons. The minimum Gasteiger partial charge on any atom is -0.350 e. The lowest BCUT2D eigenvalue weighted by molar-refractivity contribution is -0.0722. The van der Waals surface area contributed by atoms with E-state index in [9.17, 15) is 18.8 Å². The molecule has 0 spiro atoms. The molecule has 3 N–H and O–H groups in total. The van der Waals surface area contributed by atoms with Gasteiger partial charge in [0.15, 0.2) is 11.6 Å². The number of hydrogen-bond donors (Lipinski definition) is 2. The van der Waals surface area contributed by atoms with E-state index >= 15 is 0 Å². The van der Waals surface area contributed by atoms with Crippen molar-refractivity contribution in [2.45, 2.75) is 19.9 Å². The Labute approximate surface area is 118 Å². The number of para-hydroxylation sites is 1. The Morgan fingerprint density at radius 3 is 2.52 bits per heavy atom. The van der Waals surface area contributed by atoms with Crippen molar-refractivity contribution < 1.29 is 18.8 Å². The summed E-state index contributed by atoms with van der Waals surface area (Å²) in [5.74, 6) is -1.61. The molecule has 0 aliphatic carbocycles. The molecule has 2 aromatic rings. The molecule has 2 rings (SSSR count). The summed E-state index contributed by atoms with van der Waals surface area (Å²) in [5, 5.41) is 17.2. The summed E-state index contributed by atoms with van der Waals surface area (Å²) in [4.78, 5) is 10.9. The number of carbonyl (C=O) groups excluding carboxylic acids is 1. The topological polar surface area (TPSA) is 97.3 Å². The first-order valence-corrected chi connectivity index (χ1v) is 5.98. The van der Waals surface area contributed by atoms with Gasteiger partial charge in [0.05, 0.1) is 5.69 Å². The van der Waals surface area contributed by atoms with Gasteiger partial charge in [-0.25, -0.2) is 18.3 Å². The van der Waals surface area contributed by atoms with Crippen LogP contribution in [-0.2, 0) is 0 Å². The van der Waals surface area contributed by atoms with Crippen molar-refractivity contribution in [2.24, 2.45) is 5.73 Å². The second kappa shape index (κ2) is 5.44. The van der Waals surface area contributed by atoms with E-state index in [2.05, 4.69) is 10.3 Å². The molecule has 1 heterocycles. The molecular formula is C12H13F2N5O2. The summed E-state index contributed by atoms with van der Waals surface area (Å²) in [6.45, 7) is 2.95. The molecule has 2 amide bonds. The van der Waals surface area contributed by atoms with Gasteiger partial charge in [-0.2, -0.15) is 5.06 Å². The van der Waals surface area contributed by atoms with Crippen molar-refractivity contribution in [1.29, 1.82) is 0 Å². The molecule has 0 radical (unpaired) electrons. The number of benzene rings is 1. The maximum atomic E-state index is 13.8. The minimum atomic E-state index is -1.08. The maximum absolute atomic E-state index is 13.8.